The number of hydrogen-bond acceptors (Lipinski definition) is 5. The van der Waals surface area contributed by atoms with E-state index in [2.05, 4.69) is 13.8 Å². The highest BCUT2D eigenvalue weighted by atomic mass is 28.4. The SMILES string of the molecule is CC(=O)O[C@H]1CC2C(C)(C)[C@]2([Si](C)(C)O)[C@H](OC(C)=O)[C@H]1C. The van der Waals surface area contributed by atoms with Gasteiger partial charge in [-0.3, -0.25) is 9.59 Å². The maximum absolute atomic E-state index is 11.6. The van der Waals surface area contributed by atoms with Crippen molar-refractivity contribution in [2.75, 3.05) is 0 Å². The van der Waals surface area contributed by atoms with Gasteiger partial charge in [0.2, 0.25) is 0 Å². The van der Waals surface area contributed by atoms with Gasteiger partial charge in [0.05, 0.1) is 0 Å². The van der Waals surface area contributed by atoms with E-state index in [9.17, 15) is 14.4 Å². The van der Waals surface area contributed by atoms with Crippen LogP contribution in [0.15, 0.2) is 0 Å². The fourth-order valence-corrected chi connectivity index (χ4v) is 9.35. The number of hydrogen-bond donors (Lipinski definition) is 1. The highest BCUT2D eigenvalue weighted by Gasteiger charge is 2.84. The molecule has 126 valence electrons. The molecule has 2 rings (SSSR count). The molecule has 22 heavy (non-hydrogen) atoms. The Morgan fingerprint density at radius 2 is 1.64 bits per heavy atom. The first-order valence-electron chi connectivity index (χ1n) is 7.94. The lowest BCUT2D eigenvalue weighted by molar-refractivity contribution is -0.163. The van der Waals surface area contributed by atoms with Crippen molar-refractivity contribution in [2.24, 2.45) is 17.3 Å². The van der Waals surface area contributed by atoms with Crippen LogP contribution in [0.4, 0.5) is 0 Å². The molecule has 0 aliphatic heterocycles. The van der Waals surface area contributed by atoms with Crippen molar-refractivity contribution in [3.8, 4) is 0 Å². The van der Waals surface area contributed by atoms with Crippen molar-refractivity contribution in [1.82, 2.24) is 0 Å². The standard InChI is InChI=1S/C16H28O5Si/c1-9-12(20-10(2)17)8-13-15(4,5)16(13,22(6,7)19)14(9)21-11(3)18/h9,12-14,19H,8H2,1-7H3/t9-,12-,13?,14+,16+/m0/s1. The molecule has 0 amide bonds. The third kappa shape index (κ3) is 2.22. The summed E-state index contributed by atoms with van der Waals surface area (Å²) in [7, 11) is -2.60. The monoisotopic (exact) mass is 328 g/mol. The zero-order valence-electron chi connectivity index (χ0n) is 14.6. The Balaban J connectivity index is 2.45. The topological polar surface area (TPSA) is 72.8 Å². The third-order valence-corrected chi connectivity index (χ3v) is 9.31. The minimum absolute atomic E-state index is 0.121. The van der Waals surface area contributed by atoms with Crippen LogP contribution in [0.3, 0.4) is 0 Å². The summed E-state index contributed by atoms with van der Waals surface area (Å²) in [6.07, 6.45) is 0.0514. The van der Waals surface area contributed by atoms with Crippen LogP contribution >= 0.6 is 0 Å². The average molecular weight is 328 g/mol. The molecule has 1 unspecified atom stereocenters. The van der Waals surface area contributed by atoms with Gasteiger partial charge in [-0.1, -0.05) is 20.8 Å². The van der Waals surface area contributed by atoms with Gasteiger partial charge in [0.15, 0.2) is 8.32 Å². The van der Waals surface area contributed by atoms with E-state index in [1.54, 1.807) is 0 Å². The minimum atomic E-state index is -2.60. The molecule has 2 fully saturated rings. The van der Waals surface area contributed by atoms with E-state index in [1.165, 1.54) is 13.8 Å². The lowest BCUT2D eigenvalue weighted by Gasteiger charge is -2.45. The van der Waals surface area contributed by atoms with Crippen LogP contribution in [-0.2, 0) is 19.1 Å². The van der Waals surface area contributed by atoms with E-state index in [0.717, 1.165) is 6.42 Å². The van der Waals surface area contributed by atoms with Gasteiger partial charge in [0.1, 0.15) is 12.2 Å². The lowest BCUT2D eigenvalue weighted by Crippen LogP contribution is -2.53. The van der Waals surface area contributed by atoms with Crippen LogP contribution in [0, 0.1) is 17.3 Å². The average Bonchev–Trinajstić information content (AvgIpc) is 2.80. The first-order valence-corrected chi connectivity index (χ1v) is 10.9. The number of carbonyl (C=O) groups excluding carboxylic acids is 2. The van der Waals surface area contributed by atoms with E-state index in [-0.39, 0.29) is 40.3 Å². The maximum Gasteiger partial charge on any atom is 0.302 e. The summed E-state index contributed by atoms with van der Waals surface area (Å²) >= 11 is 0. The molecule has 0 spiro atoms. The molecule has 0 bridgehead atoms. The number of esters is 2. The summed E-state index contributed by atoms with van der Waals surface area (Å²) in [6, 6.07) is 0. The van der Waals surface area contributed by atoms with E-state index in [0.29, 0.717) is 0 Å². The fourth-order valence-electron chi connectivity index (χ4n) is 5.32. The molecule has 2 aliphatic rings. The van der Waals surface area contributed by atoms with Gasteiger partial charge in [-0.15, -0.1) is 0 Å². The summed E-state index contributed by atoms with van der Waals surface area (Å²) in [5, 5.41) is -0.373. The van der Waals surface area contributed by atoms with Crippen molar-refractivity contribution >= 4 is 20.3 Å². The molecule has 2 saturated carbocycles. The fraction of sp³-hybridized carbons (Fsp3) is 0.875. The summed E-state index contributed by atoms with van der Waals surface area (Å²) in [5.74, 6) is -0.578. The third-order valence-electron chi connectivity index (χ3n) is 6.01. The summed E-state index contributed by atoms with van der Waals surface area (Å²) in [5.41, 5.74) is -0.124. The second-order valence-electron chi connectivity index (χ2n) is 7.98. The van der Waals surface area contributed by atoms with Crippen LogP contribution in [0.1, 0.15) is 41.0 Å². The molecule has 2 aliphatic carbocycles. The van der Waals surface area contributed by atoms with Crippen molar-refractivity contribution in [3.05, 3.63) is 0 Å². The normalized spacial score (nSPS) is 39.6. The Labute approximate surface area is 133 Å². The van der Waals surface area contributed by atoms with Gasteiger partial charge in [-0.2, -0.15) is 0 Å². The van der Waals surface area contributed by atoms with Gasteiger partial charge < -0.3 is 14.3 Å². The number of fused-ring (bicyclic) bond motifs is 1. The van der Waals surface area contributed by atoms with Crippen LogP contribution in [0.25, 0.3) is 0 Å². The van der Waals surface area contributed by atoms with Gasteiger partial charge in [-0.25, -0.2) is 0 Å². The van der Waals surface area contributed by atoms with Crippen molar-refractivity contribution in [1.29, 1.82) is 0 Å². The Kier molecular flexibility index (Phi) is 4.02. The van der Waals surface area contributed by atoms with Crippen LogP contribution in [0.5, 0.6) is 0 Å². The highest BCUT2D eigenvalue weighted by molar-refractivity contribution is 6.74. The molecule has 0 heterocycles. The van der Waals surface area contributed by atoms with Crippen molar-refractivity contribution in [2.45, 2.75) is 71.4 Å². The minimum Gasteiger partial charge on any atom is -0.462 e. The first-order chi connectivity index (χ1) is 9.87. The summed E-state index contributed by atoms with van der Waals surface area (Å²) in [6.45, 7) is 12.8. The molecule has 0 saturated heterocycles. The zero-order valence-corrected chi connectivity index (χ0v) is 15.6. The molecule has 1 N–H and O–H groups in total. The van der Waals surface area contributed by atoms with E-state index >= 15 is 0 Å². The Hall–Kier alpha value is -0.883. The van der Waals surface area contributed by atoms with E-state index in [1.807, 2.05) is 20.0 Å². The van der Waals surface area contributed by atoms with Crippen LogP contribution in [-0.4, -0.2) is 37.3 Å². The Morgan fingerprint density at radius 3 is 2.05 bits per heavy atom. The molecule has 0 aromatic carbocycles. The van der Waals surface area contributed by atoms with Gasteiger partial charge >= 0.3 is 11.9 Å². The van der Waals surface area contributed by atoms with Gasteiger partial charge in [0, 0.05) is 24.8 Å². The summed E-state index contributed by atoms with van der Waals surface area (Å²) < 4.78 is 11.1. The Bertz CT molecular complexity index is 495. The van der Waals surface area contributed by atoms with E-state index in [4.69, 9.17) is 9.47 Å². The molecule has 5 nitrogen and oxygen atoms in total. The molecule has 5 atom stereocenters. The molecular weight excluding hydrogens is 300 g/mol. The molecular formula is C16H28O5Si. The quantitative estimate of drug-likeness (QED) is 0.636. The maximum atomic E-state index is 11.6. The first kappa shape index (κ1) is 17.5. The van der Waals surface area contributed by atoms with E-state index < -0.39 is 14.4 Å². The number of carbonyl (C=O) groups is 2. The largest absolute Gasteiger partial charge is 0.462 e. The predicted octanol–water partition coefficient (Wildman–Crippen LogP) is 2.48. The number of rotatable bonds is 3. The summed E-state index contributed by atoms with van der Waals surface area (Å²) in [4.78, 5) is 34.0. The van der Waals surface area contributed by atoms with Gasteiger partial charge in [-0.05, 0) is 30.8 Å². The molecule has 0 aromatic heterocycles. The smallest absolute Gasteiger partial charge is 0.302 e. The molecule has 6 heteroatoms. The highest BCUT2D eigenvalue weighted by Crippen LogP contribution is 2.84. The molecule has 0 radical (unpaired) electrons. The van der Waals surface area contributed by atoms with Crippen molar-refractivity contribution < 1.29 is 23.9 Å². The predicted molar refractivity (Wildman–Crippen MR) is 84.6 cm³/mol. The van der Waals surface area contributed by atoms with Crippen molar-refractivity contribution in [3.63, 3.8) is 0 Å². The van der Waals surface area contributed by atoms with Crippen LogP contribution in [0.2, 0.25) is 18.1 Å². The van der Waals surface area contributed by atoms with Crippen LogP contribution < -0.4 is 0 Å². The molecule has 0 aromatic rings. The Morgan fingerprint density at radius 1 is 1.14 bits per heavy atom. The number of ether oxygens (including phenoxy) is 2. The zero-order chi connectivity index (χ0) is 17.1. The second-order valence-corrected chi connectivity index (χ2v) is 11.9. The van der Waals surface area contributed by atoms with Gasteiger partial charge in [0.25, 0.3) is 0 Å². The lowest BCUT2D eigenvalue weighted by atomic mass is 9.84. The second kappa shape index (κ2) is 5.06.